The van der Waals surface area contributed by atoms with Gasteiger partial charge in [0.1, 0.15) is 11.4 Å². The Labute approximate surface area is 161 Å². The number of piperidine rings is 1. The molecule has 1 atom stereocenters. The maximum absolute atomic E-state index is 12.7. The minimum Gasteiger partial charge on any atom is -0.441 e. The van der Waals surface area contributed by atoms with Gasteiger partial charge in [-0.15, -0.1) is 13.2 Å². The van der Waals surface area contributed by atoms with Crippen LogP contribution in [0, 0.1) is 5.92 Å². The van der Waals surface area contributed by atoms with E-state index in [1.165, 1.54) is 24.3 Å². The number of likely N-dealkylation sites (tertiary alicyclic amines) is 1. The molecule has 0 bridgehead atoms. The van der Waals surface area contributed by atoms with Gasteiger partial charge in [0.25, 0.3) is 0 Å². The molecule has 0 N–H and O–H groups in total. The summed E-state index contributed by atoms with van der Waals surface area (Å²) in [5, 5.41) is 0. The van der Waals surface area contributed by atoms with Crippen molar-refractivity contribution in [3.05, 3.63) is 29.8 Å². The van der Waals surface area contributed by atoms with Crippen LogP contribution in [-0.2, 0) is 16.0 Å². The average molecular weight is 400 g/mol. The topological polar surface area (TPSA) is 59.1 Å². The van der Waals surface area contributed by atoms with Gasteiger partial charge in [-0.2, -0.15) is 0 Å². The molecule has 2 aliphatic heterocycles. The highest BCUT2D eigenvalue weighted by Crippen LogP contribution is 2.33. The molecule has 1 aromatic rings. The minimum absolute atomic E-state index is 0.0110. The van der Waals surface area contributed by atoms with E-state index in [1.807, 2.05) is 0 Å². The fraction of sp³-hybridized carbons (Fsp3) is 0.579. The summed E-state index contributed by atoms with van der Waals surface area (Å²) in [6, 6.07) is 5.55. The Hall–Kier alpha value is -2.45. The van der Waals surface area contributed by atoms with Gasteiger partial charge < -0.3 is 19.3 Å². The Balaban J connectivity index is 1.52. The molecular formula is C19H23F3N2O4. The molecule has 1 spiro atoms. The third-order valence-electron chi connectivity index (χ3n) is 5.25. The van der Waals surface area contributed by atoms with Crippen molar-refractivity contribution >= 4 is 12.0 Å². The standard InChI is InChI=1S/C19H23F3N2O4/c1-13(11-14-3-5-15(6-4-14)27-19(20,21)22)16(25)24-9-7-18(8-10-24)12-23(2)17(26)28-18/h3-6,13H,7-12H2,1-2H3. The van der Waals surface area contributed by atoms with E-state index in [2.05, 4.69) is 4.74 Å². The number of carbonyl (C=O) groups excluding carboxylic acids is 2. The summed E-state index contributed by atoms with van der Waals surface area (Å²) < 4.78 is 46.0. The van der Waals surface area contributed by atoms with Crippen LogP contribution in [0.25, 0.3) is 0 Å². The molecule has 0 radical (unpaired) electrons. The molecule has 1 aromatic carbocycles. The third-order valence-corrected chi connectivity index (χ3v) is 5.25. The van der Waals surface area contributed by atoms with E-state index < -0.39 is 12.0 Å². The van der Waals surface area contributed by atoms with Gasteiger partial charge in [-0.05, 0) is 24.1 Å². The van der Waals surface area contributed by atoms with E-state index in [0.717, 1.165) is 5.56 Å². The number of alkyl halides is 3. The Kier molecular flexibility index (Phi) is 5.45. The SMILES string of the molecule is CC(Cc1ccc(OC(F)(F)F)cc1)C(=O)N1CCC2(CC1)CN(C)C(=O)O2. The fourth-order valence-electron chi connectivity index (χ4n) is 3.77. The summed E-state index contributed by atoms with van der Waals surface area (Å²) in [4.78, 5) is 27.7. The van der Waals surface area contributed by atoms with Gasteiger partial charge in [-0.25, -0.2) is 4.79 Å². The highest BCUT2D eigenvalue weighted by molar-refractivity contribution is 5.79. The molecular weight excluding hydrogens is 377 g/mol. The second-order valence-corrected chi connectivity index (χ2v) is 7.53. The van der Waals surface area contributed by atoms with Crippen LogP contribution in [0.3, 0.4) is 0 Å². The van der Waals surface area contributed by atoms with Gasteiger partial charge in [0, 0.05) is 38.9 Å². The zero-order chi connectivity index (χ0) is 20.5. The second-order valence-electron chi connectivity index (χ2n) is 7.53. The van der Waals surface area contributed by atoms with Crippen molar-refractivity contribution in [2.75, 3.05) is 26.7 Å². The molecule has 2 fully saturated rings. The number of hydrogen-bond acceptors (Lipinski definition) is 4. The van der Waals surface area contributed by atoms with Gasteiger partial charge in [-0.1, -0.05) is 19.1 Å². The first-order valence-corrected chi connectivity index (χ1v) is 9.14. The normalized spacial score (nSPS) is 20.2. The van der Waals surface area contributed by atoms with E-state index in [1.54, 1.807) is 23.8 Å². The lowest BCUT2D eigenvalue weighted by molar-refractivity contribution is -0.274. The summed E-state index contributed by atoms with van der Waals surface area (Å²) in [6.07, 6.45) is -3.43. The van der Waals surface area contributed by atoms with E-state index in [9.17, 15) is 22.8 Å². The van der Waals surface area contributed by atoms with Gasteiger partial charge in [0.2, 0.25) is 5.91 Å². The molecule has 2 heterocycles. The Morgan fingerprint density at radius 3 is 2.36 bits per heavy atom. The number of carbonyl (C=O) groups is 2. The number of likely N-dealkylation sites (N-methyl/N-ethyl adjacent to an activating group) is 1. The molecule has 3 rings (SSSR count). The molecule has 154 valence electrons. The number of rotatable bonds is 4. The lowest BCUT2D eigenvalue weighted by Crippen LogP contribution is -2.49. The minimum atomic E-state index is -4.72. The van der Waals surface area contributed by atoms with Crippen molar-refractivity contribution < 1.29 is 32.2 Å². The Morgan fingerprint density at radius 1 is 1.25 bits per heavy atom. The predicted molar refractivity (Wildman–Crippen MR) is 93.6 cm³/mol. The quantitative estimate of drug-likeness (QED) is 0.779. The average Bonchev–Trinajstić information content (AvgIpc) is 2.89. The first-order chi connectivity index (χ1) is 13.1. The summed E-state index contributed by atoms with van der Waals surface area (Å²) >= 11 is 0. The van der Waals surface area contributed by atoms with Crippen molar-refractivity contribution in [1.82, 2.24) is 9.80 Å². The van der Waals surface area contributed by atoms with E-state index in [0.29, 0.717) is 38.9 Å². The molecule has 2 saturated heterocycles. The molecule has 9 heteroatoms. The summed E-state index contributed by atoms with van der Waals surface area (Å²) in [5.41, 5.74) is 0.260. The number of ether oxygens (including phenoxy) is 2. The van der Waals surface area contributed by atoms with Crippen LogP contribution in [0.1, 0.15) is 25.3 Å². The largest absolute Gasteiger partial charge is 0.573 e. The number of nitrogens with zero attached hydrogens (tertiary/aromatic N) is 2. The predicted octanol–water partition coefficient (Wildman–Crippen LogP) is 3.21. The Morgan fingerprint density at radius 2 is 1.86 bits per heavy atom. The highest BCUT2D eigenvalue weighted by atomic mass is 19.4. The summed E-state index contributed by atoms with van der Waals surface area (Å²) in [5.74, 6) is -0.604. The van der Waals surface area contributed by atoms with Crippen molar-refractivity contribution in [3.63, 3.8) is 0 Å². The molecule has 2 amide bonds. The molecule has 6 nitrogen and oxygen atoms in total. The van der Waals surface area contributed by atoms with Crippen molar-refractivity contribution in [2.24, 2.45) is 5.92 Å². The number of amides is 2. The molecule has 0 aromatic heterocycles. The zero-order valence-corrected chi connectivity index (χ0v) is 15.8. The van der Waals surface area contributed by atoms with Crippen LogP contribution in [0.4, 0.5) is 18.0 Å². The number of hydrogen-bond donors (Lipinski definition) is 0. The van der Waals surface area contributed by atoms with Gasteiger partial charge >= 0.3 is 12.5 Å². The van der Waals surface area contributed by atoms with Crippen LogP contribution in [-0.4, -0.2) is 60.4 Å². The van der Waals surface area contributed by atoms with Crippen molar-refractivity contribution in [3.8, 4) is 5.75 Å². The maximum atomic E-state index is 12.7. The first kappa shape index (κ1) is 20.3. The molecule has 0 aliphatic carbocycles. The maximum Gasteiger partial charge on any atom is 0.573 e. The number of benzene rings is 1. The summed E-state index contributed by atoms with van der Waals surface area (Å²) in [7, 11) is 1.70. The van der Waals surface area contributed by atoms with Gasteiger partial charge in [0.15, 0.2) is 0 Å². The lowest BCUT2D eigenvalue weighted by Gasteiger charge is -2.38. The van der Waals surface area contributed by atoms with Crippen molar-refractivity contribution in [1.29, 1.82) is 0 Å². The zero-order valence-electron chi connectivity index (χ0n) is 15.8. The molecule has 1 unspecified atom stereocenters. The highest BCUT2D eigenvalue weighted by Gasteiger charge is 2.46. The third kappa shape index (κ3) is 4.69. The van der Waals surface area contributed by atoms with Gasteiger partial charge in [0.05, 0.1) is 6.54 Å². The van der Waals surface area contributed by atoms with E-state index in [4.69, 9.17) is 4.74 Å². The first-order valence-electron chi connectivity index (χ1n) is 9.14. The second kappa shape index (κ2) is 7.52. The summed E-state index contributed by atoms with van der Waals surface area (Å²) in [6.45, 7) is 3.37. The fourth-order valence-corrected chi connectivity index (χ4v) is 3.77. The van der Waals surface area contributed by atoms with Gasteiger partial charge in [-0.3, -0.25) is 4.79 Å². The van der Waals surface area contributed by atoms with Crippen molar-refractivity contribution in [2.45, 2.75) is 38.1 Å². The van der Waals surface area contributed by atoms with E-state index >= 15 is 0 Å². The lowest BCUT2D eigenvalue weighted by atomic mass is 9.90. The van der Waals surface area contributed by atoms with Crippen LogP contribution >= 0.6 is 0 Å². The smallest absolute Gasteiger partial charge is 0.441 e. The van der Waals surface area contributed by atoms with E-state index in [-0.39, 0.29) is 23.7 Å². The molecule has 28 heavy (non-hydrogen) atoms. The number of halogens is 3. The Bertz CT molecular complexity index is 728. The molecule has 0 saturated carbocycles. The van der Waals surface area contributed by atoms with Crippen LogP contribution in [0.5, 0.6) is 5.75 Å². The molecule has 2 aliphatic rings. The van der Waals surface area contributed by atoms with Crippen LogP contribution in [0.2, 0.25) is 0 Å². The van der Waals surface area contributed by atoms with Crippen LogP contribution < -0.4 is 4.74 Å². The van der Waals surface area contributed by atoms with Crippen LogP contribution in [0.15, 0.2) is 24.3 Å². The monoisotopic (exact) mass is 400 g/mol.